The molecule has 80 heavy (non-hydrogen) atoms. The molecule has 0 saturated carbocycles. The molecular formula is C68H52O10P2. The first-order valence-corrected chi connectivity index (χ1v) is 28.5. The normalized spacial score (nSPS) is 11.6. The van der Waals surface area contributed by atoms with Gasteiger partial charge in [0, 0.05) is 32.7 Å². The van der Waals surface area contributed by atoms with Crippen LogP contribution in [-0.4, -0.2) is 24.1 Å². The van der Waals surface area contributed by atoms with Gasteiger partial charge in [0.05, 0.1) is 12.2 Å². The number of hydrogen-bond acceptors (Lipinski definition) is 10. The second-order valence-electron chi connectivity index (χ2n) is 19.5. The Morgan fingerprint density at radius 3 is 0.838 bits per heavy atom. The fourth-order valence-electron chi connectivity index (χ4n) is 9.88. The second-order valence-corrected chi connectivity index (χ2v) is 21.5. The Labute approximate surface area is 464 Å². The van der Waals surface area contributed by atoms with Gasteiger partial charge in [0.2, 0.25) is 0 Å². The van der Waals surface area contributed by atoms with E-state index < -0.39 is 41.4 Å². The van der Waals surface area contributed by atoms with Crippen molar-refractivity contribution in [1.29, 1.82) is 0 Å². The molecule has 0 aliphatic rings. The van der Waals surface area contributed by atoms with Crippen LogP contribution in [0.2, 0.25) is 0 Å². The smallest absolute Gasteiger partial charge is 0.459 e. The molecule has 0 amide bonds. The highest BCUT2D eigenvalue weighted by molar-refractivity contribution is 7.43. The van der Waals surface area contributed by atoms with Gasteiger partial charge in [0.15, 0.2) is 11.5 Å². The highest BCUT2D eigenvalue weighted by Gasteiger charge is 2.36. The van der Waals surface area contributed by atoms with Gasteiger partial charge in [-0.3, -0.25) is 0 Å². The summed E-state index contributed by atoms with van der Waals surface area (Å²) in [5, 5.41) is 9.58. The molecule has 12 aromatic rings. The molecule has 0 aromatic heterocycles. The van der Waals surface area contributed by atoms with E-state index in [2.05, 4.69) is 0 Å². The number of ether oxygens (including phenoxy) is 2. The first kappa shape index (κ1) is 51.6. The summed E-state index contributed by atoms with van der Waals surface area (Å²) in [7, 11) is -5.09. The van der Waals surface area contributed by atoms with Gasteiger partial charge in [-0.1, -0.05) is 194 Å². The molecule has 12 aromatic carbocycles. The van der Waals surface area contributed by atoms with Crippen molar-refractivity contribution in [2.75, 3.05) is 0 Å². The minimum atomic E-state index is -2.55. The molecule has 12 heteroatoms. The van der Waals surface area contributed by atoms with Crippen LogP contribution in [0.1, 0.15) is 48.4 Å². The molecule has 0 aliphatic carbocycles. The van der Waals surface area contributed by atoms with Crippen LogP contribution in [0.5, 0.6) is 34.5 Å². The predicted molar refractivity (Wildman–Crippen MR) is 321 cm³/mol. The quantitative estimate of drug-likeness (QED) is 0.0646. The minimum Gasteiger partial charge on any atom is -0.459 e. The van der Waals surface area contributed by atoms with Crippen LogP contribution in [0.3, 0.4) is 0 Å². The van der Waals surface area contributed by atoms with Gasteiger partial charge in [-0.2, -0.15) is 0 Å². The third-order valence-corrected chi connectivity index (χ3v) is 15.4. The van der Waals surface area contributed by atoms with Crippen molar-refractivity contribution in [2.24, 2.45) is 0 Å². The van der Waals surface area contributed by atoms with E-state index in [0.717, 1.165) is 43.1 Å². The van der Waals surface area contributed by atoms with Crippen molar-refractivity contribution in [2.45, 2.75) is 39.9 Å². The van der Waals surface area contributed by atoms with E-state index in [-0.39, 0.29) is 22.6 Å². The largest absolute Gasteiger partial charge is 0.530 e. The maximum Gasteiger partial charge on any atom is 0.530 e. The average molecular weight is 1090 g/mol. The van der Waals surface area contributed by atoms with Gasteiger partial charge in [0.25, 0.3) is 0 Å². The fourth-order valence-corrected chi connectivity index (χ4v) is 12.1. The lowest BCUT2D eigenvalue weighted by molar-refractivity contribution is 0.0364. The molecule has 12 rings (SSSR count). The van der Waals surface area contributed by atoms with Gasteiger partial charge in [-0.25, -0.2) is 9.59 Å². The van der Waals surface area contributed by atoms with Gasteiger partial charge in [-0.15, -0.1) is 0 Å². The van der Waals surface area contributed by atoms with Crippen LogP contribution in [-0.2, 0) is 9.47 Å². The number of carbonyl (C=O) groups excluding carboxylic acids is 2. The summed E-state index contributed by atoms with van der Waals surface area (Å²) in [4.78, 5) is 30.2. The van der Waals surface area contributed by atoms with E-state index >= 15 is 9.59 Å². The van der Waals surface area contributed by atoms with E-state index in [9.17, 15) is 0 Å². The second kappa shape index (κ2) is 22.6. The van der Waals surface area contributed by atoms with Crippen LogP contribution < -0.4 is 27.1 Å². The fraction of sp³-hybridized carbons (Fsp3) is 0.0882. The highest BCUT2D eigenvalue weighted by atomic mass is 31.2. The van der Waals surface area contributed by atoms with E-state index in [1.165, 1.54) is 0 Å². The number of fused-ring (bicyclic) bond motifs is 6. The van der Waals surface area contributed by atoms with Gasteiger partial charge >= 0.3 is 29.1 Å². The topological polar surface area (TPSA) is 108 Å². The number of carbonyl (C=O) groups is 2. The van der Waals surface area contributed by atoms with Gasteiger partial charge in [0.1, 0.15) is 34.1 Å². The zero-order chi connectivity index (χ0) is 54.7. The molecule has 394 valence electrons. The molecule has 0 atom stereocenters. The van der Waals surface area contributed by atoms with E-state index in [1.54, 1.807) is 39.8 Å². The molecule has 0 aliphatic heterocycles. The molecule has 0 fully saturated rings. The number of benzene rings is 12. The van der Waals surface area contributed by atoms with Crippen LogP contribution in [0, 0.1) is 0 Å². The number of rotatable bonds is 17. The van der Waals surface area contributed by atoms with E-state index in [0.29, 0.717) is 55.7 Å². The Morgan fingerprint density at radius 1 is 0.300 bits per heavy atom. The molecule has 0 saturated heterocycles. The van der Waals surface area contributed by atoms with Crippen LogP contribution in [0.4, 0.5) is 0 Å². The first-order chi connectivity index (χ1) is 39.1. The van der Waals surface area contributed by atoms with Crippen LogP contribution in [0.15, 0.2) is 231 Å². The van der Waals surface area contributed by atoms with Crippen molar-refractivity contribution in [1.82, 2.24) is 0 Å². The molecule has 0 radical (unpaired) electrons. The molecule has 10 nitrogen and oxygen atoms in total. The third kappa shape index (κ3) is 10.6. The molecule has 0 spiro atoms. The molecule has 0 heterocycles. The van der Waals surface area contributed by atoms with Crippen LogP contribution in [0.25, 0.3) is 75.8 Å². The number of hydrogen-bond donors (Lipinski definition) is 0. The van der Waals surface area contributed by atoms with Crippen molar-refractivity contribution in [3.05, 3.63) is 242 Å². The Hall–Kier alpha value is -9.20. The standard InChI is InChI=1S/C68H52O10P2/c1-43(2)71-67(69)57-41-49-25-9-15-35-55(49)63(65(57)77-79(73-59-37-17-27-45-21-5-11-31-51(45)59)74-60-38-18-28-46-22-6-12-32-52(46)60)64-56-36-16-10-26-50(56)42-58(68(70)72-44(3)4)66(64)78-80(75-61-39-19-29-47-23-7-13-33-53(47)61)76-62-40-20-30-48-24-8-14-34-54(48)62/h5-44H,1-4H3. The summed E-state index contributed by atoms with van der Waals surface area (Å²) < 4.78 is 55.1. The maximum absolute atomic E-state index is 15.1. The zero-order valence-electron chi connectivity index (χ0n) is 44.1. The minimum absolute atomic E-state index is 0.0413. The molecule has 0 bridgehead atoms. The number of esters is 2. The van der Waals surface area contributed by atoms with Crippen molar-refractivity contribution < 1.29 is 46.2 Å². The summed E-state index contributed by atoms with van der Waals surface area (Å²) in [5.74, 6) is 0.677. The maximum atomic E-state index is 15.1. The molecule has 0 N–H and O–H groups in total. The van der Waals surface area contributed by atoms with E-state index in [4.69, 9.17) is 36.6 Å². The summed E-state index contributed by atoms with van der Waals surface area (Å²) in [5.41, 5.74) is 0.860. The highest BCUT2D eigenvalue weighted by Crippen LogP contribution is 2.57. The molecule has 0 unspecified atom stereocenters. The van der Waals surface area contributed by atoms with Gasteiger partial charge < -0.3 is 36.6 Å². The first-order valence-electron chi connectivity index (χ1n) is 26.3. The van der Waals surface area contributed by atoms with Crippen molar-refractivity contribution >= 4 is 93.8 Å². The lowest BCUT2D eigenvalue weighted by Crippen LogP contribution is -2.16. The molecular weight excluding hydrogens is 1040 g/mol. The predicted octanol–water partition coefficient (Wildman–Crippen LogP) is 18.9. The lowest BCUT2D eigenvalue weighted by atomic mass is 9.88. The average Bonchev–Trinajstić information content (AvgIpc) is 3.64. The summed E-state index contributed by atoms with van der Waals surface area (Å²) >= 11 is 0. The lowest BCUT2D eigenvalue weighted by Gasteiger charge is -2.26. The summed E-state index contributed by atoms with van der Waals surface area (Å²) in [6, 6.07) is 73.4. The van der Waals surface area contributed by atoms with Crippen molar-refractivity contribution in [3.63, 3.8) is 0 Å². The Kier molecular flexibility index (Phi) is 14.6. The van der Waals surface area contributed by atoms with E-state index in [1.807, 2.05) is 218 Å². The Morgan fingerprint density at radius 2 is 0.550 bits per heavy atom. The van der Waals surface area contributed by atoms with Crippen LogP contribution >= 0.6 is 17.2 Å². The Bertz CT molecular complexity index is 3850. The van der Waals surface area contributed by atoms with Gasteiger partial charge in [-0.05, 0) is 107 Å². The van der Waals surface area contributed by atoms with Crippen molar-refractivity contribution in [3.8, 4) is 45.6 Å². The Balaban J connectivity index is 1.14. The summed E-state index contributed by atoms with van der Waals surface area (Å²) in [6.07, 6.45) is -1.05. The monoisotopic (exact) mass is 1090 g/mol. The third-order valence-electron chi connectivity index (χ3n) is 13.4. The summed E-state index contributed by atoms with van der Waals surface area (Å²) in [6.45, 7) is 7.16. The SMILES string of the molecule is CC(C)OC(=O)c1cc2ccccc2c(-c2c(OP(Oc3cccc4ccccc34)Oc3cccc4ccccc34)c(C(=O)OC(C)C)cc3ccccc23)c1OP(Oc1cccc2ccccc12)Oc1cccc2ccccc12. The zero-order valence-corrected chi connectivity index (χ0v) is 45.9.